The van der Waals surface area contributed by atoms with E-state index < -0.39 is 23.3 Å². The second-order valence-electron chi connectivity index (χ2n) is 13.2. The van der Waals surface area contributed by atoms with E-state index in [1.807, 2.05) is 0 Å². The lowest BCUT2D eigenvalue weighted by atomic mass is 9.95. The molecule has 5 aliphatic rings. The van der Waals surface area contributed by atoms with Gasteiger partial charge in [-0.3, -0.25) is 4.90 Å². The number of aromatic nitrogens is 3. The Labute approximate surface area is 262 Å². The molecule has 9 nitrogen and oxygen atoms in total. The molecule has 0 aliphatic carbocycles. The van der Waals surface area contributed by atoms with E-state index in [1.165, 1.54) is 24.3 Å². The number of phenols is 1. The third-order valence-electron chi connectivity index (χ3n) is 10.6. The van der Waals surface area contributed by atoms with E-state index in [9.17, 15) is 13.9 Å². The highest BCUT2D eigenvalue weighted by Gasteiger charge is 2.50. The number of anilines is 1. The number of aromatic hydroxyl groups is 1. The molecule has 46 heavy (non-hydrogen) atoms. The number of hydrogen-bond donors (Lipinski definition) is 2. The molecule has 2 N–H and O–H groups in total. The van der Waals surface area contributed by atoms with Gasteiger partial charge in [0.1, 0.15) is 53.4 Å². The number of phenolic OH excluding ortho intramolecular Hbond substituents is 1. The van der Waals surface area contributed by atoms with Crippen LogP contribution in [0.4, 0.5) is 19.0 Å². The van der Waals surface area contributed by atoms with Gasteiger partial charge < -0.3 is 24.8 Å². The van der Waals surface area contributed by atoms with Crippen molar-refractivity contribution in [3.05, 3.63) is 41.5 Å². The molecule has 2 bridgehead atoms. The summed E-state index contributed by atoms with van der Waals surface area (Å²) in [4.78, 5) is 18.4. The van der Waals surface area contributed by atoms with Gasteiger partial charge in [0, 0.05) is 42.5 Å². The summed E-state index contributed by atoms with van der Waals surface area (Å²) in [6.07, 6.45) is 8.89. The third-order valence-corrected chi connectivity index (χ3v) is 10.6. The van der Waals surface area contributed by atoms with Crippen LogP contribution in [0.5, 0.6) is 17.6 Å². The van der Waals surface area contributed by atoms with Crippen LogP contribution in [0.3, 0.4) is 0 Å². The molecule has 0 saturated carbocycles. The van der Waals surface area contributed by atoms with Gasteiger partial charge in [-0.15, -0.1) is 6.42 Å². The number of hydrogen-bond acceptors (Lipinski definition) is 9. The monoisotopic (exact) mass is 628 g/mol. The molecule has 4 saturated heterocycles. The van der Waals surface area contributed by atoms with Gasteiger partial charge in [0.2, 0.25) is 5.88 Å². The smallest absolute Gasteiger partial charge is 0.319 e. The van der Waals surface area contributed by atoms with Crippen LogP contribution in [0.1, 0.15) is 37.7 Å². The Balaban J connectivity index is 1.25. The number of halogens is 3. The Hall–Kier alpha value is -4.34. The second kappa shape index (κ2) is 10.1. The van der Waals surface area contributed by atoms with Crippen molar-refractivity contribution in [1.82, 2.24) is 25.2 Å². The number of nitrogens with one attached hydrogen (secondary N) is 1. The molecule has 0 amide bonds. The Bertz CT molecular complexity index is 1990. The molecule has 4 aromatic rings. The number of piperazine rings is 1. The van der Waals surface area contributed by atoms with Gasteiger partial charge >= 0.3 is 6.01 Å². The fourth-order valence-electron chi connectivity index (χ4n) is 8.56. The molecule has 2 aromatic carbocycles. The van der Waals surface area contributed by atoms with Crippen LogP contribution in [-0.4, -0.2) is 87.6 Å². The van der Waals surface area contributed by atoms with E-state index in [-0.39, 0.29) is 76.7 Å². The number of ether oxygens (including phenoxy) is 2. The van der Waals surface area contributed by atoms with Crippen LogP contribution in [0.2, 0.25) is 0 Å². The summed E-state index contributed by atoms with van der Waals surface area (Å²) >= 11 is 0. The average Bonchev–Trinajstić information content (AvgIpc) is 3.68. The maximum absolute atomic E-state index is 17.0. The first-order valence-electron chi connectivity index (χ1n) is 15.8. The number of nitrogens with zero attached hydrogens (tertiary/aromatic N) is 5. The summed E-state index contributed by atoms with van der Waals surface area (Å²) in [5, 5.41) is 15.3. The van der Waals surface area contributed by atoms with Gasteiger partial charge in [0.05, 0.1) is 17.1 Å². The topological polar surface area (TPSA) is 95.9 Å². The molecule has 0 spiro atoms. The molecule has 5 aliphatic heterocycles. The van der Waals surface area contributed by atoms with Crippen molar-refractivity contribution >= 4 is 27.5 Å². The molecule has 5 atom stereocenters. The van der Waals surface area contributed by atoms with Gasteiger partial charge in [0.25, 0.3) is 0 Å². The normalized spacial score (nSPS) is 28.2. The first-order chi connectivity index (χ1) is 22.3. The fourth-order valence-corrected chi connectivity index (χ4v) is 8.56. The first-order valence-corrected chi connectivity index (χ1v) is 15.8. The number of benzene rings is 2. The lowest BCUT2D eigenvalue weighted by Gasteiger charge is -2.40. The molecular formula is C34H31F3N6O3. The predicted molar refractivity (Wildman–Crippen MR) is 165 cm³/mol. The summed E-state index contributed by atoms with van der Waals surface area (Å²) in [5.74, 6) is 1.35. The summed E-state index contributed by atoms with van der Waals surface area (Å²) in [6.45, 7) is 2.27. The van der Waals surface area contributed by atoms with Gasteiger partial charge in [-0.25, -0.2) is 18.2 Å². The highest BCUT2D eigenvalue weighted by Crippen LogP contribution is 2.45. The minimum absolute atomic E-state index is 0.0179. The van der Waals surface area contributed by atoms with E-state index >= 15 is 4.39 Å². The zero-order valence-corrected chi connectivity index (χ0v) is 24.9. The largest absolute Gasteiger partial charge is 0.508 e. The lowest BCUT2D eigenvalue weighted by molar-refractivity contribution is 0.107. The van der Waals surface area contributed by atoms with Crippen molar-refractivity contribution in [2.75, 3.05) is 37.7 Å². The Morgan fingerprint density at radius 3 is 2.91 bits per heavy atom. The Morgan fingerprint density at radius 2 is 2.04 bits per heavy atom. The average molecular weight is 629 g/mol. The summed E-state index contributed by atoms with van der Waals surface area (Å²) in [6, 6.07) is 5.72. The minimum Gasteiger partial charge on any atom is -0.508 e. The molecule has 7 heterocycles. The summed E-state index contributed by atoms with van der Waals surface area (Å²) < 4.78 is 59.1. The molecular weight excluding hydrogens is 597 g/mol. The number of rotatable bonds is 4. The van der Waals surface area contributed by atoms with Gasteiger partial charge in [0.15, 0.2) is 5.82 Å². The zero-order valence-electron chi connectivity index (χ0n) is 24.9. The quantitative estimate of drug-likeness (QED) is 0.318. The number of terminal acetylenes is 1. The fraction of sp³-hybridized carbons (Fsp3) is 0.441. The first kappa shape index (κ1) is 27.9. The van der Waals surface area contributed by atoms with E-state index in [1.54, 1.807) is 0 Å². The summed E-state index contributed by atoms with van der Waals surface area (Å²) in [7, 11) is 0. The Morgan fingerprint density at radius 1 is 1.15 bits per heavy atom. The van der Waals surface area contributed by atoms with Gasteiger partial charge in [-0.1, -0.05) is 12.0 Å². The summed E-state index contributed by atoms with van der Waals surface area (Å²) in [5.41, 5.74) is -0.688. The predicted octanol–water partition coefficient (Wildman–Crippen LogP) is 4.47. The highest BCUT2D eigenvalue weighted by molar-refractivity contribution is 6.04. The maximum Gasteiger partial charge on any atom is 0.319 e. The number of alkyl halides is 1. The van der Waals surface area contributed by atoms with E-state index in [2.05, 4.69) is 31.0 Å². The maximum atomic E-state index is 17.0. The van der Waals surface area contributed by atoms with Crippen LogP contribution in [0, 0.1) is 24.0 Å². The second-order valence-corrected chi connectivity index (χ2v) is 13.2. The molecule has 2 aromatic heterocycles. The molecule has 4 fully saturated rings. The molecule has 9 rings (SSSR count). The van der Waals surface area contributed by atoms with Gasteiger partial charge in [-0.2, -0.15) is 9.97 Å². The number of pyridine rings is 1. The minimum atomic E-state index is -0.927. The van der Waals surface area contributed by atoms with Crippen molar-refractivity contribution in [1.29, 1.82) is 0 Å². The van der Waals surface area contributed by atoms with Gasteiger partial charge in [-0.05, 0) is 55.8 Å². The van der Waals surface area contributed by atoms with E-state index in [0.29, 0.717) is 36.1 Å². The number of fused-ring (bicyclic) bond motifs is 7. The van der Waals surface area contributed by atoms with Crippen LogP contribution in [0.25, 0.3) is 32.9 Å². The molecule has 12 heteroatoms. The van der Waals surface area contributed by atoms with Crippen LogP contribution in [0.15, 0.2) is 24.3 Å². The molecule has 0 radical (unpaired) electrons. The van der Waals surface area contributed by atoms with Crippen molar-refractivity contribution in [3.8, 4) is 41.2 Å². The van der Waals surface area contributed by atoms with Crippen LogP contribution < -0.4 is 19.7 Å². The van der Waals surface area contributed by atoms with Crippen molar-refractivity contribution < 1.29 is 27.8 Å². The zero-order chi connectivity index (χ0) is 31.3. The van der Waals surface area contributed by atoms with Crippen molar-refractivity contribution in [2.45, 2.75) is 61.9 Å². The van der Waals surface area contributed by atoms with Crippen molar-refractivity contribution in [2.24, 2.45) is 0 Å². The molecule has 2 unspecified atom stereocenters. The van der Waals surface area contributed by atoms with Crippen LogP contribution in [-0.2, 0) is 0 Å². The van der Waals surface area contributed by atoms with Crippen molar-refractivity contribution in [3.63, 3.8) is 0 Å². The van der Waals surface area contributed by atoms with E-state index in [4.69, 9.17) is 20.9 Å². The lowest BCUT2D eigenvalue weighted by Crippen LogP contribution is -2.60. The standard InChI is InChI=1S/C34H31F3N6O3/c1-2-21-23(36)6-4-17-10-20(44)11-22(26(17)21)29-28(37)30-27-31(43-14-19-5-7-24(38-19)25(43)15-45-32(27)39-29)41-33(40-30)46-16-34-8-3-9-42(34)13-18(35)12-34/h1,4,6,10-11,18-19,24-25,38,44H,3,5,7-9,12-16H2/t18-,19?,24?,25+,34+/m1/s1. The SMILES string of the molecule is C#Cc1c(F)ccc2cc(O)cc(-c3nc4c5c(nc(OC[C@@]67CCCN6C[C@H](F)C7)nc5c3F)N3CC5CCC(N5)[C@@H]3CO4)c12. The van der Waals surface area contributed by atoms with E-state index in [0.717, 1.165) is 32.2 Å². The highest BCUT2D eigenvalue weighted by atomic mass is 19.1. The molecule has 236 valence electrons. The Kier molecular flexibility index (Phi) is 6.12. The van der Waals surface area contributed by atoms with Crippen LogP contribution >= 0.6 is 0 Å². The third kappa shape index (κ3) is 4.07.